The van der Waals surface area contributed by atoms with Crippen LogP contribution in [0.15, 0.2) is 24.3 Å². The van der Waals surface area contributed by atoms with Gasteiger partial charge < -0.3 is 16.4 Å². The van der Waals surface area contributed by atoms with Crippen LogP contribution in [-0.4, -0.2) is 17.9 Å². The zero-order valence-corrected chi connectivity index (χ0v) is 12.6. The largest absolute Gasteiger partial charge is 0.327 e. The van der Waals surface area contributed by atoms with Gasteiger partial charge in [0.1, 0.15) is 0 Å². The molecule has 0 spiro atoms. The van der Waals surface area contributed by atoms with Gasteiger partial charge in [-0.2, -0.15) is 0 Å². The SMILES string of the molecule is CC(C)C(N)CC(=O)Nc1cccc(NC(=O)C2CC2)c1. The van der Waals surface area contributed by atoms with Crippen molar-refractivity contribution in [2.24, 2.45) is 17.6 Å². The zero-order chi connectivity index (χ0) is 15.4. The fraction of sp³-hybridized carbons (Fsp3) is 0.500. The first-order valence-corrected chi connectivity index (χ1v) is 7.42. The first-order chi connectivity index (χ1) is 9.95. The number of carbonyl (C=O) groups excluding carboxylic acids is 2. The van der Waals surface area contributed by atoms with Gasteiger partial charge in [-0.3, -0.25) is 9.59 Å². The fourth-order valence-electron chi connectivity index (χ4n) is 1.93. The third-order valence-electron chi connectivity index (χ3n) is 3.64. The first kappa shape index (κ1) is 15.5. The van der Waals surface area contributed by atoms with Crippen molar-refractivity contribution in [1.29, 1.82) is 0 Å². The quantitative estimate of drug-likeness (QED) is 0.751. The molecule has 1 fully saturated rings. The Bertz CT molecular complexity index is 524. The van der Waals surface area contributed by atoms with E-state index in [1.165, 1.54) is 0 Å². The van der Waals surface area contributed by atoms with Crippen molar-refractivity contribution in [2.45, 2.75) is 39.2 Å². The molecule has 0 heterocycles. The van der Waals surface area contributed by atoms with Crippen LogP contribution in [0.5, 0.6) is 0 Å². The van der Waals surface area contributed by atoms with E-state index in [9.17, 15) is 9.59 Å². The summed E-state index contributed by atoms with van der Waals surface area (Å²) in [5, 5.41) is 5.68. The number of nitrogens with one attached hydrogen (secondary N) is 2. The monoisotopic (exact) mass is 289 g/mol. The highest BCUT2D eigenvalue weighted by Crippen LogP contribution is 2.30. The number of anilines is 2. The van der Waals surface area contributed by atoms with Crippen molar-refractivity contribution in [1.82, 2.24) is 0 Å². The van der Waals surface area contributed by atoms with Gasteiger partial charge in [0, 0.05) is 29.8 Å². The molecule has 1 saturated carbocycles. The van der Waals surface area contributed by atoms with Crippen molar-refractivity contribution in [2.75, 3.05) is 10.6 Å². The molecule has 21 heavy (non-hydrogen) atoms. The Kier molecular flexibility index (Phi) is 4.96. The van der Waals surface area contributed by atoms with Gasteiger partial charge in [0.05, 0.1) is 0 Å². The predicted molar refractivity (Wildman–Crippen MR) is 83.9 cm³/mol. The molecule has 1 aromatic rings. The summed E-state index contributed by atoms with van der Waals surface area (Å²) >= 11 is 0. The number of carbonyl (C=O) groups is 2. The van der Waals surface area contributed by atoms with Gasteiger partial charge in [0.2, 0.25) is 11.8 Å². The van der Waals surface area contributed by atoms with E-state index in [1.807, 2.05) is 19.9 Å². The van der Waals surface area contributed by atoms with E-state index in [0.717, 1.165) is 12.8 Å². The van der Waals surface area contributed by atoms with E-state index in [1.54, 1.807) is 18.2 Å². The second kappa shape index (κ2) is 6.72. The van der Waals surface area contributed by atoms with Gasteiger partial charge in [-0.05, 0) is 37.0 Å². The highest BCUT2D eigenvalue weighted by atomic mass is 16.2. The van der Waals surface area contributed by atoms with Crippen molar-refractivity contribution >= 4 is 23.2 Å². The molecule has 1 aliphatic carbocycles. The lowest BCUT2D eigenvalue weighted by molar-refractivity contribution is -0.117. The van der Waals surface area contributed by atoms with Crippen LogP contribution in [0.4, 0.5) is 11.4 Å². The smallest absolute Gasteiger partial charge is 0.227 e. The van der Waals surface area contributed by atoms with Gasteiger partial charge in [-0.1, -0.05) is 19.9 Å². The molecule has 114 valence electrons. The Morgan fingerprint density at radius 1 is 1.24 bits per heavy atom. The summed E-state index contributed by atoms with van der Waals surface area (Å²) in [6.45, 7) is 3.98. The second-order valence-corrected chi connectivity index (χ2v) is 6.00. The van der Waals surface area contributed by atoms with Gasteiger partial charge in [-0.15, -0.1) is 0 Å². The van der Waals surface area contributed by atoms with E-state index < -0.39 is 0 Å². The van der Waals surface area contributed by atoms with Crippen LogP contribution >= 0.6 is 0 Å². The van der Waals surface area contributed by atoms with E-state index in [2.05, 4.69) is 10.6 Å². The standard InChI is InChI=1S/C16H23N3O2/c1-10(2)14(17)9-15(20)18-12-4-3-5-13(8-12)19-16(21)11-6-7-11/h3-5,8,10-11,14H,6-7,9,17H2,1-2H3,(H,18,20)(H,19,21). The summed E-state index contributed by atoms with van der Waals surface area (Å²) in [5.74, 6) is 0.370. The number of benzene rings is 1. The molecule has 0 aliphatic heterocycles. The molecule has 0 bridgehead atoms. The highest BCUT2D eigenvalue weighted by Gasteiger charge is 2.29. The maximum atomic E-state index is 11.9. The van der Waals surface area contributed by atoms with E-state index in [0.29, 0.717) is 11.4 Å². The van der Waals surface area contributed by atoms with Crippen molar-refractivity contribution in [3.63, 3.8) is 0 Å². The minimum absolute atomic E-state index is 0.0558. The van der Waals surface area contributed by atoms with Crippen molar-refractivity contribution in [3.05, 3.63) is 24.3 Å². The van der Waals surface area contributed by atoms with Crippen LogP contribution in [-0.2, 0) is 9.59 Å². The summed E-state index contributed by atoms with van der Waals surface area (Å²) in [5.41, 5.74) is 7.27. The van der Waals surface area contributed by atoms with Gasteiger partial charge in [-0.25, -0.2) is 0 Å². The lowest BCUT2D eigenvalue weighted by Gasteiger charge is -2.15. The van der Waals surface area contributed by atoms with Crippen LogP contribution in [0.1, 0.15) is 33.1 Å². The molecule has 5 nitrogen and oxygen atoms in total. The predicted octanol–water partition coefficient (Wildman–Crippen LogP) is 2.35. The molecule has 4 N–H and O–H groups in total. The normalized spacial score (nSPS) is 15.6. The first-order valence-electron chi connectivity index (χ1n) is 7.42. The topological polar surface area (TPSA) is 84.2 Å². The zero-order valence-electron chi connectivity index (χ0n) is 12.6. The third-order valence-corrected chi connectivity index (χ3v) is 3.64. The van der Waals surface area contributed by atoms with E-state index >= 15 is 0 Å². The molecule has 2 rings (SSSR count). The molecule has 2 amide bonds. The number of hydrogen-bond donors (Lipinski definition) is 3. The Morgan fingerprint density at radius 3 is 2.43 bits per heavy atom. The maximum Gasteiger partial charge on any atom is 0.227 e. The van der Waals surface area contributed by atoms with Crippen LogP contribution in [0.3, 0.4) is 0 Å². The van der Waals surface area contributed by atoms with E-state index in [-0.39, 0.29) is 36.1 Å². The molecular weight excluding hydrogens is 266 g/mol. The summed E-state index contributed by atoms with van der Waals surface area (Å²) < 4.78 is 0. The summed E-state index contributed by atoms with van der Waals surface area (Å²) in [6.07, 6.45) is 2.22. The molecule has 1 unspecified atom stereocenters. The van der Waals surface area contributed by atoms with Crippen molar-refractivity contribution in [3.8, 4) is 0 Å². The average molecular weight is 289 g/mol. The average Bonchev–Trinajstić information content (AvgIpc) is 3.22. The van der Waals surface area contributed by atoms with Crippen LogP contribution in [0.2, 0.25) is 0 Å². The van der Waals surface area contributed by atoms with Crippen LogP contribution < -0.4 is 16.4 Å². The Hall–Kier alpha value is -1.88. The molecule has 5 heteroatoms. The number of nitrogens with two attached hydrogens (primary N) is 1. The number of amides is 2. The molecular formula is C16H23N3O2. The minimum atomic E-state index is -0.150. The molecule has 1 aliphatic rings. The number of hydrogen-bond acceptors (Lipinski definition) is 3. The van der Waals surface area contributed by atoms with Crippen LogP contribution in [0.25, 0.3) is 0 Å². The summed E-state index contributed by atoms with van der Waals surface area (Å²) in [4.78, 5) is 23.6. The van der Waals surface area contributed by atoms with E-state index in [4.69, 9.17) is 5.73 Å². The van der Waals surface area contributed by atoms with Gasteiger partial charge >= 0.3 is 0 Å². The Balaban J connectivity index is 1.90. The third kappa shape index (κ3) is 4.86. The lowest BCUT2D eigenvalue weighted by Crippen LogP contribution is -2.31. The molecule has 1 aromatic carbocycles. The van der Waals surface area contributed by atoms with Crippen molar-refractivity contribution < 1.29 is 9.59 Å². The summed E-state index contributed by atoms with van der Waals surface area (Å²) in [6, 6.07) is 7.03. The highest BCUT2D eigenvalue weighted by molar-refractivity contribution is 5.96. The Labute approximate surface area is 125 Å². The van der Waals surface area contributed by atoms with Gasteiger partial charge in [0.15, 0.2) is 0 Å². The number of rotatable bonds is 6. The van der Waals surface area contributed by atoms with Gasteiger partial charge in [0.25, 0.3) is 0 Å². The fourth-order valence-corrected chi connectivity index (χ4v) is 1.93. The minimum Gasteiger partial charge on any atom is -0.327 e. The molecule has 0 radical (unpaired) electrons. The van der Waals surface area contributed by atoms with Crippen LogP contribution in [0, 0.1) is 11.8 Å². The lowest BCUT2D eigenvalue weighted by atomic mass is 10.0. The summed E-state index contributed by atoms with van der Waals surface area (Å²) in [7, 11) is 0. The molecule has 0 saturated heterocycles. The molecule has 1 atom stereocenters. The Morgan fingerprint density at radius 2 is 1.86 bits per heavy atom. The maximum absolute atomic E-state index is 11.9. The second-order valence-electron chi connectivity index (χ2n) is 6.00. The molecule has 0 aromatic heterocycles.